The normalized spacial score (nSPS) is 11.6. The lowest BCUT2D eigenvalue weighted by Crippen LogP contribution is -2.32. The first-order valence-electron chi connectivity index (χ1n) is 11.2. The minimum Gasteiger partial charge on any atom is -0.496 e. The summed E-state index contributed by atoms with van der Waals surface area (Å²) in [5.74, 6) is 0.218. The summed E-state index contributed by atoms with van der Waals surface area (Å²) >= 11 is 0. The predicted molar refractivity (Wildman–Crippen MR) is 129 cm³/mol. The number of nitrogens with zero attached hydrogens (tertiary/aromatic N) is 3. The fourth-order valence-electron chi connectivity index (χ4n) is 3.61. The summed E-state index contributed by atoms with van der Waals surface area (Å²) < 4.78 is 17.8. The maximum absolute atomic E-state index is 13.3. The number of nitrogens with one attached hydrogen (secondary N) is 1. The van der Waals surface area contributed by atoms with E-state index in [9.17, 15) is 9.59 Å². The van der Waals surface area contributed by atoms with Crippen LogP contribution < -0.4 is 10.1 Å². The molecule has 0 aliphatic rings. The molecule has 35 heavy (non-hydrogen) atoms. The van der Waals surface area contributed by atoms with Crippen molar-refractivity contribution in [3.8, 4) is 17.0 Å². The maximum atomic E-state index is 13.3. The monoisotopic (exact) mass is 474 g/mol. The van der Waals surface area contributed by atoms with Crippen molar-refractivity contribution < 1.29 is 23.6 Å². The largest absolute Gasteiger partial charge is 0.496 e. The Morgan fingerprint density at radius 1 is 1.11 bits per heavy atom. The lowest BCUT2D eigenvalue weighted by molar-refractivity contribution is -0.124. The molecule has 0 aliphatic carbocycles. The number of carbonyl (C=O) groups excluding carboxylic acids is 2. The number of methoxy groups -OCH3 is 1. The quantitative estimate of drug-likeness (QED) is 0.356. The average Bonchev–Trinajstić information content (AvgIpc) is 3.48. The van der Waals surface area contributed by atoms with E-state index >= 15 is 0 Å². The molecule has 0 saturated carbocycles. The number of anilines is 1. The Kier molecular flexibility index (Phi) is 7.25. The van der Waals surface area contributed by atoms with Crippen LogP contribution >= 0.6 is 0 Å². The highest BCUT2D eigenvalue weighted by Crippen LogP contribution is 2.32. The molecule has 4 rings (SSSR count). The van der Waals surface area contributed by atoms with Crippen LogP contribution in [-0.2, 0) is 16.1 Å². The number of hydrogen-bond acceptors (Lipinski definition) is 7. The summed E-state index contributed by atoms with van der Waals surface area (Å²) in [5, 5.41) is 11.0. The van der Waals surface area contributed by atoms with Crippen LogP contribution in [0.2, 0.25) is 0 Å². The third-order valence-electron chi connectivity index (χ3n) is 5.32. The number of rotatable bonds is 9. The lowest BCUT2D eigenvalue weighted by Gasteiger charge is -2.15. The fourth-order valence-corrected chi connectivity index (χ4v) is 3.61. The summed E-state index contributed by atoms with van der Waals surface area (Å²) in [6.07, 6.45) is 0.877. The molecule has 0 radical (unpaired) electrons. The second-order valence-electron chi connectivity index (χ2n) is 7.89. The van der Waals surface area contributed by atoms with Crippen LogP contribution in [0.3, 0.4) is 0 Å². The highest BCUT2D eigenvalue weighted by Gasteiger charge is 2.27. The molecule has 1 unspecified atom stereocenters. The zero-order valence-electron chi connectivity index (χ0n) is 19.7. The van der Waals surface area contributed by atoms with E-state index in [0.29, 0.717) is 29.3 Å². The van der Waals surface area contributed by atoms with Crippen molar-refractivity contribution in [2.24, 2.45) is 0 Å². The number of benzene rings is 2. The van der Waals surface area contributed by atoms with Gasteiger partial charge in [-0.05, 0) is 31.0 Å². The molecule has 1 N–H and O–H groups in total. The van der Waals surface area contributed by atoms with Crippen molar-refractivity contribution in [2.45, 2.75) is 32.9 Å². The van der Waals surface area contributed by atoms with Crippen LogP contribution in [0.1, 0.15) is 35.0 Å². The Balaban J connectivity index is 1.63. The van der Waals surface area contributed by atoms with Crippen molar-refractivity contribution in [1.29, 1.82) is 0 Å². The first kappa shape index (κ1) is 23.7. The molecule has 4 aromatic rings. The molecule has 9 heteroatoms. The van der Waals surface area contributed by atoms with Gasteiger partial charge in [0.1, 0.15) is 22.8 Å². The van der Waals surface area contributed by atoms with E-state index in [1.807, 2.05) is 48.5 Å². The van der Waals surface area contributed by atoms with Gasteiger partial charge in [-0.3, -0.25) is 9.48 Å². The van der Waals surface area contributed by atoms with Crippen molar-refractivity contribution in [3.63, 3.8) is 0 Å². The first-order chi connectivity index (χ1) is 17.0. The number of esters is 1. The van der Waals surface area contributed by atoms with E-state index in [4.69, 9.17) is 14.0 Å². The maximum Gasteiger partial charge on any atom is 0.342 e. The highest BCUT2D eigenvalue weighted by molar-refractivity contribution is 6.00. The van der Waals surface area contributed by atoms with Crippen LogP contribution in [-0.4, -0.2) is 40.0 Å². The minimum absolute atomic E-state index is 0.231. The smallest absolute Gasteiger partial charge is 0.342 e. The van der Waals surface area contributed by atoms with Gasteiger partial charge in [0.15, 0.2) is 11.9 Å². The zero-order chi connectivity index (χ0) is 24.8. The molecule has 2 aromatic heterocycles. The van der Waals surface area contributed by atoms with Gasteiger partial charge in [-0.2, -0.15) is 5.10 Å². The van der Waals surface area contributed by atoms with Gasteiger partial charge in [0.2, 0.25) is 0 Å². The molecule has 2 heterocycles. The summed E-state index contributed by atoms with van der Waals surface area (Å²) in [6.45, 7) is 3.93. The molecule has 2 aromatic carbocycles. The van der Waals surface area contributed by atoms with Crippen LogP contribution in [0.25, 0.3) is 11.3 Å². The Hall–Kier alpha value is -4.40. The Labute approximate surface area is 202 Å². The summed E-state index contributed by atoms with van der Waals surface area (Å²) in [7, 11) is 1.56. The van der Waals surface area contributed by atoms with E-state index in [0.717, 1.165) is 5.56 Å². The number of hydrogen-bond donors (Lipinski definition) is 1. The van der Waals surface area contributed by atoms with Gasteiger partial charge < -0.3 is 19.3 Å². The van der Waals surface area contributed by atoms with Gasteiger partial charge in [-0.1, -0.05) is 54.5 Å². The zero-order valence-corrected chi connectivity index (χ0v) is 19.7. The van der Waals surface area contributed by atoms with Gasteiger partial charge >= 0.3 is 5.97 Å². The van der Waals surface area contributed by atoms with Gasteiger partial charge in [-0.25, -0.2) is 4.79 Å². The Bertz CT molecular complexity index is 1310. The van der Waals surface area contributed by atoms with E-state index < -0.39 is 18.0 Å². The van der Waals surface area contributed by atoms with E-state index in [1.165, 1.54) is 0 Å². The Morgan fingerprint density at radius 2 is 1.86 bits per heavy atom. The standard InChI is InChI=1S/C26H26N4O5/c1-4-21(25(31)27-23-14-17(2)35-29-23)34-26(32)20-16-30(15-18-10-6-5-7-11-18)28-24(20)19-12-8-9-13-22(19)33-3/h5-14,16,21H,4,15H2,1-3H3,(H,27,29,31). The fraction of sp³-hybridized carbons (Fsp3) is 0.231. The minimum atomic E-state index is -1.03. The number of ether oxygens (including phenoxy) is 2. The van der Waals surface area contributed by atoms with Crippen molar-refractivity contribution in [2.75, 3.05) is 12.4 Å². The molecule has 0 fully saturated rings. The molecule has 0 spiro atoms. The van der Waals surface area contributed by atoms with Gasteiger partial charge in [0, 0.05) is 17.8 Å². The molecular formula is C26H26N4O5. The number of aromatic nitrogens is 3. The van der Waals surface area contributed by atoms with E-state index in [1.54, 1.807) is 44.0 Å². The third kappa shape index (κ3) is 5.57. The molecular weight excluding hydrogens is 448 g/mol. The van der Waals surface area contributed by atoms with E-state index in [2.05, 4.69) is 15.6 Å². The number of para-hydroxylation sites is 1. The summed E-state index contributed by atoms with van der Waals surface area (Å²) in [4.78, 5) is 26.0. The van der Waals surface area contributed by atoms with E-state index in [-0.39, 0.29) is 17.8 Å². The molecule has 0 saturated heterocycles. The highest BCUT2D eigenvalue weighted by atomic mass is 16.5. The molecule has 9 nitrogen and oxygen atoms in total. The van der Waals surface area contributed by atoms with Crippen LogP contribution in [0.4, 0.5) is 5.82 Å². The second kappa shape index (κ2) is 10.7. The number of carbonyl (C=O) groups is 2. The first-order valence-corrected chi connectivity index (χ1v) is 11.2. The van der Waals surface area contributed by atoms with Gasteiger partial charge in [0.25, 0.3) is 5.91 Å². The van der Waals surface area contributed by atoms with Crippen LogP contribution in [0, 0.1) is 6.92 Å². The molecule has 180 valence electrons. The molecule has 1 amide bonds. The summed E-state index contributed by atoms with van der Waals surface area (Å²) in [6, 6.07) is 18.6. The second-order valence-corrected chi connectivity index (χ2v) is 7.89. The molecule has 0 bridgehead atoms. The van der Waals surface area contributed by atoms with Crippen LogP contribution in [0.15, 0.2) is 71.4 Å². The van der Waals surface area contributed by atoms with Crippen LogP contribution in [0.5, 0.6) is 5.75 Å². The van der Waals surface area contributed by atoms with Crippen molar-refractivity contribution in [1.82, 2.24) is 14.9 Å². The molecule has 1 atom stereocenters. The van der Waals surface area contributed by atoms with Gasteiger partial charge in [0.05, 0.1) is 13.7 Å². The average molecular weight is 475 g/mol. The van der Waals surface area contributed by atoms with Gasteiger partial charge in [-0.15, -0.1) is 0 Å². The topological polar surface area (TPSA) is 108 Å². The molecule has 0 aliphatic heterocycles. The third-order valence-corrected chi connectivity index (χ3v) is 5.32. The van der Waals surface area contributed by atoms with Crippen molar-refractivity contribution >= 4 is 17.7 Å². The number of aryl methyl sites for hydroxylation is 1. The lowest BCUT2D eigenvalue weighted by atomic mass is 10.1. The van der Waals surface area contributed by atoms with Crippen molar-refractivity contribution in [3.05, 3.63) is 83.7 Å². The number of amides is 1. The SMILES string of the molecule is CCC(OC(=O)c1cn(Cc2ccccc2)nc1-c1ccccc1OC)C(=O)Nc1cc(C)on1. The Morgan fingerprint density at radius 3 is 2.54 bits per heavy atom. The summed E-state index contributed by atoms with van der Waals surface area (Å²) in [5.41, 5.74) is 2.30. The predicted octanol–water partition coefficient (Wildman–Crippen LogP) is 4.48.